The standard InChI is InChI=1S/C22H21ClN6O2/c1-13-11-27-18-19(25-21(27)29(13)17-9-4-3-8-16(17)24)26(2)22(31)28(20(18)30)12-14-6-5-7-15(23)10-14/h3-11,18-19H,12,24H2,1-2H3. The molecule has 2 N–H and O–H groups in total. The second kappa shape index (κ2) is 7.02. The van der Waals surface area contributed by atoms with Crippen molar-refractivity contribution >= 4 is 40.9 Å². The average Bonchev–Trinajstić information content (AvgIpc) is 3.25. The molecule has 1 saturated heterocycles. The Morgan fingerprint density at radius 1 is 1.13 bits per heavy atom. The summed E-state index contributed by atoms with van der Waals surface area (Å²) in [5.74, 6) is 0.293. The van der Waals surface area contributed by atoms with Gasteiger partial charge in [0.2, 0.25) is 5.96 Å². The number of carbonyl (C=O) groups excluding carboxylic acids is 2. The number of urea groups is 1. The maximum atomic E-state index is 13.5. The molecule has 2 unspecified atom stereocenters. The third-order valence-corrected chi connectivity index (χ3v) is 6.03. The number of halogens is 1. The predicted molar refractivity (Wildman–Crippen MR) is 119 cm³/mol. The molecule has 3 amide bonds. The molecule has 3 heterocycles. The summed E-state index contributed by atoms with van der Waals surface area (Å²) in [6.07, 6.45) is 1.28. The van der Waals surface area contributed by atoms with E-state index >= 15 is 0 Å². The van der Waals surface area contributed by atoms with E-state index in [-0.39, 0.29) is 18.5 Å². The van der Waals surface area contributed by atoms with Crippen LogP contribution in [-0.2, 0) is 11.3 Å². The van der Waals surface area contributed by atoms with Gasteiger partial charge in [0.05, 0.1) is 17.9 Å². The van der Waals surface area contributed by atoms with E-state index in [1.165, 1.54) is 9.80 Å². The lowest BCUT2D eigenvalue weighted by molar-refractivity contribution is -0.137. The van der Waals surface area contributed by atoms with Crippen LogP contribution in [0.25, 0.3) is 0 Å². The van der Waals surface area contributed by atoms with Crippen LogP contribution in [0.3, 0.4) is 0 Å². The SMILES string of the molecule is CC1=CN2C(=NC3C2C(=O)N(Cc2cccc(Cl)c2)C(=O)N3C)N1c1ccccc1N. The molecule has 0 aromatic heterocycles. The number of imide groups is 1. The molecule has 0 radical (unpaired) electrons. The number of benzene rings is 2. The van der Waals surface area contributed by atoms with Crippen molar-refractivity contribution in [3.8, 4) is 0 Å². The van der Waals surface area contributed by atoms with Crippen LogP contribution in [0.5, 0.6) is 0 Å². The van der Waals surface area contributed by atoms with E-state index in [1.54, 1.807) is 25.2 Å². The number of anilines is 2. The number of carbonyl (C=O) groups is 2. The molecular formula is C22H21ClN6O2. The van der Waals surface area contributed by atoms with E-state index in [0.29, 0.717) is 16.7 Å². The lowest BCUT2D eigenvalue weighted by Crippen LogP contribution is -2.63. The number of nitrogens with two attached hydrogens (primary N) is 1. The van der Waals surface area contributed by atoms with Crippen LogP contribution in [-0.4, -0.2) is 51.9 Å². The molecule has 2 aromatic rings. The highest BCUT2D eigenvalue weighted by molar-refractivity contribution is 6.30. The summed E-state index contributed by atoms with van der Waals surface area (Å²) in [4.78, 5) is 37.8. The summed E-state index contributed by atoms with van der Waals surface area (Å²) in [6.45, 7) is 2.08. The lowest BCUT2D eigenvalue weighted by atomic mass is 10.1. The summed E-state index contributed by atoms with van der Waals surface area (Å²) >= 11 is 6.08. The third kappa shape index (κ3) is 2.94. The molecule has 0 saturated carbocycles. The van der Waals surface area contributed by atoms with Gasteiger partial charge >= 0.3 is 6.03 Å². The number of fused-ring (bicyclic) bond motifs is 3. The number of amides is 3. The van der Waals surface area contributed by atoms with Gasteiger partial charge in [-0.15, -0.1) is 0 Å². The molecule has 8 nitrogen and oxygen atoms in total. The highest BCUT2D eigenvalue weighted by atomic mass is 35.5. The predicted octanol–water partition coefficient (Wildman–Crippen LogP) is 3.06. The van der Waals surface area contributed by atoms with Gasteiger partial charge in [-0.2, -0.15) is 0 Å². The number of rotatable bonds is 3. The Morgan fingerprint density at radius 2 is 1.90 bits per heavy atom. The maximum Gasteiger partial charge on any atom is 0.328 e. The Morgan fingerprint density at radius 3 is 2.65 bits per heavy atom. The van der Waals surface area contributed by atoms with Crippen molar-refractivity contribution in [1.82, 2.24) is 14.7 Å². The zero-order valence-electron chi connectivity index (χ0n) is 17.1. The molecule has 0 aliphatic carbocycles. The first-order valence-electron chi connectivity index (χ1n) is 9.88. The first-order chi connectivity index (χ1) is 14.9. The van der Waals surface area contributed by atoms with Crippen LogP contribution in [0.4, 0.5) is 16.2 Å². The van der Waals surface area contributed by atoms with Crippen molar-refractivity contribution in [2.75, 3.05) is 17.7 Å². The molecule has 3 aliphatic rings. The van der Waals surface area contributed by atoms with Crippen molar-refractivity contribution in [3.05, 3.63) is 71.0 Å². The van der Waals surface area contributed by atoms with Crippen molar-refractivity contribution in [2.45, 2.75) is 25.7 Å². The van der Waals surface area contributed by atoms with Gasteiger partial charge in [0.25, 0.3) is 5.91 Å². The largest absolute Gasteiger partial charge is 0.397 e. The average molecular weight is 437 g/mol. The van der Waals surface area contributed by atoms with Crippen LogP contribution >= 0.6 is 11.6 Å². The topological polar surface area (TPSA) is 85.5 Å². The molecule has 158 valence electrons. The second-order valence-corrected chi connectivity index (χ2v) is 8.24. The van der Waals surface area contributed by atoms with Crippen LogP contribution in [0, 0.1) is 0 Å². The minimum atomic E-state index is -0.637. The normalized spacial score (nSPS) is 22.5. The van der Waals surface area contributed by atoms with E-state index in [0.717, 1.165) is 16.9 Å². The molecule has 5 rings (SSSR count). The van der Waals surface area contributed by atoms with Crippen molar-refractivity contribution < 1.29 is 9.59 Å². The molecule has 2 aromatic carbocycles. The molecule has 9 heteroatoms. The Hall–Kier alpha value is -3.52. The first-order valence-corrected chi connectivity index (χ1v) is 10.3. The Kier molecular flexibility index (Phi) is 4.40. The first kappa shape index (κ1) is 19.4. The number of likely N-dealkylation sites (N-methyl/N-ethyl adjacent to an activating group) is 1. The number of hydrogen-bond acceptors (Lipinski definition) is 6. The van der Waals surface area contributed by atoms with Crippen LogP contribution in [0.2, 0.25) is 5.02 Å². The number of hydrogen-bond donors (Lipinski definition) is 1. The number of aliphatic imine (C=N–C) groups is 1. The van der Waals surface area contributed by atoms with Crippen molar-refractivity contribution in [1.29, 1.82) is 0 Å². The number of allylic oxidation sites excluding steroid dienone is 1. The molecule has 3 aliphatic heterocycles. The fraction of sp³-hybridized carbons (Fsp3) is 0.227. The van der Waals surface area contributed by atoms with Crippen LogP contribution in [0.15, 0.2) is 65.4 Å². The van der Waals surface area contributed by atoms with Gasteiger partial charge in [-0.3, -0.25) is 14.6 Å². The fourth-order valence-electron chi connectivity index (χ4n) is 4.31. The van der Waals surface area contributed by atoms with Gasteiger partial charge in [0.15, 0.2) is 12.2 Å². The second-order valence-electron chi connectivity index (χ2n) is 7.81. The summed E-state index contributed by atoms with van der Waals surface area (Å²) in [5, 5.41) is 0.557. The number of para-hydroxylation sites is 2. The fourth-order valence-corrected chi connectivity index (χ4v) is 4.52. The van der Waals surface area contributed by atoms with Crippen LogP contribution < -0.4 is 10.6 Å². The van der Waals surface area contributed by atoms with Gasteiger partial charge in [-0.05, 0) is 36.8 Å². The van der Waals surface area contributed by atoms with Gasteiger partial charge in [-0.25, -0.2) is 9.79 Å². The highest BCUT2D eigenvalue weighted by Gasteiger charge is 2.54. The van der Waals surface area contributed by atoms with Gasteiger partial charge in [-0.1, -0.05) is 35.9 Å². The zero-order chi connectivity index (χ0) is 21.9. The van der Waals surface area contributed by atoms with Crippen LogP contribution in [0.1, 0.15) is 12.5 Å². The van der Waals surface area contributed by atoms with Gasteiger partial charge < -0.3 is 15.5 Å². The number of guanidine groups is 1. The summed E-state index contributed by atoms with van der Waals surface area (Å²) in [7, 11) is 1.67. The van der Waals surface area contributed by atoms with E-state index in [4.69, 9.17) is 22.3 Å². The third-order valence-electron chi connectivity index (χ3n) is 5.80. The summed E-state index contributed by atoms with van der Waals surface area (Å²) < 4.78 is 0. The summed E-state index contributed by atoms with van der Waals surface area (Å²) in [6, 6.07) is 13.6. The maximum absolute atomic E-state index is 13.5. The van der Waals surface area contributed by atoms with Gasteiger partial charge in [0, 0.05) is 24.0 Å². The van der Waals surface area contributed by atoms with Crippen molar-refractivity contribution in [2.24, 2.45) is 4.99 Å². The van der Waals surface area contributed by atoms with E-state index in [1.807, 2.05) is 53.3 Å². The van der Waals surface area contributed by atoms with Crippen molar-refractivity contribution in [3.63, 3.8) is 0 Å². The molecule has 2 atom stereocenters. The zero-order valence-corrected chi connectivity index (χ0v) is 17.8. The molecule has 0 spiro atoms. The quantitative estimate of drug-likeness (QED) is 0.747. The number of nitrogens with zero attached hydrogens (tertiary/aromatic N) is 5. The molecule has 0 bridgehead atoms. The Balaban J connectivity index is 1.49. The molecule has 31 heavy (non-hydrogen) atoms. The lowest BCUT2D eigenvalue weighted by Gasteiger charge is -2.40. The highest BCUT2D eigenvalue weighted by Crippen LogP contribution is 2.38. The van der Waals surface area contributed by atoms with Gasteiger partial charge in [0.1, 0.15) is 0 Å². The Labute approximate surface area is 184 Å². The monoisotopic (exact) mass is 436 g/mol. The minimum Gasteiger partial charge on any atom is -0.397 e. The Bertz CT molecular complexity index is 1160. The minimum absolute atomic E-state index is 0.146. The van der Waals surface area contributed by atoms with E-state index in [9.17, 15) is 9.59 Å². The van der Waals surface area contributed by atoms with E-state index in [2.05, 4.69) is 0 Å². The summed E-state index contributed by atoms with van der Waals surface area (Å²) in [5.41, 5.74) is 9.26. The number of nitrogen functional groups attached to an aromatic ring is 1. The smallest absolute Gasteiger partial charge is 0.328 e. The molecule has 1 fully saturated rings. The molecular weight excluding hydrogens is 416 g/mol. The van der Waals surface area contributed by atoms with E-state index < -0.39 is 12.2 Å².